The lowest BCUT2D eigenvalue weighted by Gasteiger charge is -2.43. The Morgan fingerprint density at radius 3 is 2.00 bits per heavy atom. The van der Waals surface area contributed by atoms with Gasteiger partial charge in [0.1, 0.15) is 6.10 Å². The molecule has 0 amide bonds. The van der Waals surface area contributed by atoms with E-state index < -0.39 is 8.32 Å². The lowest BCUT2D eigenvalue weighted by molar-refractivity contribution is -0.118. The van der Waals surface area contributed by atoms with Gasteiger partial charge in [0.2, 0.25) is 0 Å². The van der Waals surface area contributed by atoms with Gasteiger partial charge < -0.3 is 13.9 Å². The van der Waals surface area contributed by atoms with E-state index in [4.69, 9.17) is 13.9 Å². The molecule has 39 heavy (non-hydrogen) atoms. The predicted molar refractivity (Wildman–Crippen MR) is 161 cm³/mol. The normalized spacial score (nSPS) is 16.0. The second-order valence-electron chi connectivity index (χ2n) is 11.3. The Hall–Kier alpha value is -2.99. The van der Waals surface area contributed by atoms with Gasteiger partial charge in [-0.05, 0) is 40.2 Å². The van der Waals surface area contributed by atoms with Gasteiger partial charge >= 0.3 is 0 Å². The van der Waals surface area contributed by atoms with Crippen LogP contribution >= 0.6 is 0 Å². The number of allylic oxidation sites excluding steroid dienone is 2. The minimum absolute atomic E-state index is 0.0556. The second kappa shape index (κ2) is 13.9. The summed E-state index contributed by atoms with van der Waals surface area (Å²) in [5.41, 5.74) is 1.17. The molecule has 3 aromatic rings. The number of ketones is 1. The summed E-state index contributed by atoms with van der Waals surface area (Å²) in [7, 11) is -2.55. The molecule has 4 nitrogen and oxygen atoms in total. The van der Waals surface area contributed by atoms with Gasteiger partial charge in [-0.1, -0.05) is 112 Å². The van der Waals surface area contributed by atoms with E-state index >= 15 is 0 Å². The molecule has 0 bridgehead atoms. The van der Waals surface area contributed by atoms with Gasteiger partial charge in [-0.3, -0.25) is 4.79 Å². The zero-order valence-corrected chi connectivity index (χ0v) is 24.6. The monoisotopic (exact) mass is 542 g/mol. The third-order valence-corrected chi connectivity index (χ3v) is 12.3. The number of ether oxygens (including phenoxy) is 2. The van der Waals surface area contributed by atoms with Crippen LogP contribution in [0.15, 0.2) is 103 Å². The molecule has 1 aliphatic rings. The van der Waals surface area contributed by atoms with Gasteiger partial charge in [0.15, 0.2) is 5.78 Å². The van der Waals surface area contributed by atoms with Crippen LogP contribution in [0.2, 0.25) is 5.04 Å². The minimum atomic E-state index is -2.55. The summed E-state index contributed by atoms with van der Waals surface area (Å²) in [6.45, 7) is 8.76. The standard InChI is InChI=1S/C34H42O4Si/c1-34(2,3)39(32-19-9-5-10-20-32,33-21-11-6-12-22-33)37-24-14-18-31-26-29(35)25-30(38-31)17-13-23-36-27-28-15-7-4-8-16-28/h4-12,15-16,19-22,26,30H,13-14,17-18,23-25,27H2,1-3H3. The van der Waals surface area contributed by atoms with Crippen LogP contribution in [-0.4, -0.2) is 33.4 Å². The van der Waals surface area contributed by atoms with E-state index in [0.717, 1.165) is 25.0 Å². The van der Waals surface area contributed by atoms with Crippen molar-refractivity contribution in [2.75, 3.05) is 13.2 Å². The molecule has 1 heterocycles. The third-order valence-electron chi connectivity index (χ3n) is 7.30. The van der Waals surface area contributed by atoms with Crippen molar-refractivity contribution in [3.05, 3.63) is 108 Å². The number of benzene rings is 3. The van der Waals surface area contributed by atoms with Crippen molar-refractivity contribution in [3.63, 3.8) is 0 Å². The average Bonchev–Trinajstić information content (AvgIpc) is 2.93. The van der Waals surface area contributed by atoms with Gasteiger partial charge in [0.05, 0.1) is 12.4 Å². The molecule has 0 spiro atoms. The van der Waals surface area contributed by atoms with E-state index in [1.807, 2.05) is 18.2 Å². The van der Waals surface area contributed by atoms with E-state index in [1.54, 1.807) is 6.08 Å². The van der Waals surface area contributed by atoms with E-state index in [9.17, 15) is 4.79 Å². The lowest BCUT2D eigenvalue weighted by atomic mass is 10.0. The molecule has 1 atom stereocenters. The summed E-state index contributed by atoms with van der Waals surface area (Å²) in [6, 6.07) is 31.6. The summed E-state index contributed by atoms with van der Waals surface area (Å²) < 4.78 is 19.0. The van der Waals surface area contributed by atoms with Gasteiger partial charge in [0, 0.05) is 32.1 Å². The molecule has 206 valence electrons. The molecule has 3 aromatic carbocycles. The molecule has 0 radical (unpaired) electrons. The molecule has 1 unspecified atom stereocenters. The Balaban J connectivity index is 1.31. The largest absolute Gasteiger partial charge is 0.494 e. The minimum Gasteiger partial charge on any atom is -0.494 e. The summed E-state index contributed by atoms with van der Waals surface area (Å²) in [6.07, 6.45) is 5.24. The Morgan fingerprint density at radius 1 is 0.821 bits per heavy atom. The average molecular weight is 543 g/mol. The highest BCUT2D eigenvalue weighted by Crippen LogP contribution is 2.37. The van der Waals surface area contributed by atoms with Crippen molar-refractivity contribution in [1.29, 1.82) is 0 Å². The number of rotatable bonds is 13. The first-order chi connectivity index (χ1) is 18.9. The number of hydrogen-bond donors (Lipinski definition) is 0. The fraction of sp³-hybridized carbons (Fsp3) is 0.382. The van der Waals surface area contributed by atoms with Crippen LogP contribution in [0.4, 0.5) is 0 Å². The summed E-state index contributed by atoms with van der Waals surface area (Å²) in [5, 5.41) is 2.50. The summed E-state index contributed by atoms with van der Waals surface area (Å²) >= 11 is 0. The van der Waals surface area contributed by atoms with Crippen LogP contribution in [-0.2, 0) is 25.3 Å². The van der Waals surface area contributed by atoms with Crippen LogP contribution < -0.4 is 10.4 Å². The second-order valence-corrected chi connectivity index (χ2v) is 15.6. The molecule has 0 fully saturated rings. The van der Waals surface area contributed by atoms with E-state index in [2.05, 4.69) is 93.6 Å². The first-order valence-electron chi connectivity index (χ1n) is 14.2. The van der Waals surface area contributed by atoms with Crippen LogP contribution in [0.1, 0.15) is 58.4 Å². The number of hydrogen-bond acceptors (Lipinski definition) is 4. The van der Waals surface area contributed by atoms with Crippen molar-refractivity contribution in [2.45, 2.75) is 70.6 Å². The topological polar surface area (TPSA) is 44.8 Å². The Labute approximate surface area is 235 Å². The van der Waals surface area contributed by atoms with Gasteiger partial charge in [-0.2, -0.15) is 0 Å². The van der Waals surface area contributed by atoms with Crippen molar-refractivity contribution < 1.29 is 18.7 Å². The fourth-order valence-electron chi connectivity index (χ4n) is 5.46. The van der Waals surface area contributed by atoms with Crippen LogP contribution in [0.3, 0.4) is 0 Å². The number of carbonyl (C=O) groups is 1. The molecular formula is C34H42O4Si. The maximum atomic E-state index is 12.4. The SMILES string of the molecule is CC(C)(C)[Si](OCCCC1=CC(=O)CC(CCCOCc2ccccc2)O1)(c1ccccc1)c1ccccc1. The van der Waals surface area contributed by atoms with Crippen molar-refractivity contribution in [1.82, 2.24) is 0 Å². The maximum Gasteiger partial charge on any atom is 0.261 e. The molecule has 0 aliphatic carbocycles. The molecule has 0 aromatic heterocycles. The van der Waals surface area contributed by atoms with Crippen LogP contribution in [0, 0.1) is 0 Å². The third kappa shape index (κ3) is 7.78. The Kier molecular flexibility index (Phi) is 10.3. The Bertz CT molecular complexity index is 1150. The van der Waals surface area contributed by atoms with Crippen molar-refractivity contribution in [2.24, 2.45) is 0 Å². The highest BCUT2D eigenvalue weighted by molar-refractivity contribution is 6.99. The zero-order valence-electron chi connectivity index (χ0n) is 23.6. The molecule has 5 heteroatoms. The predicted octanol–water partition coefficient (Wildman–Crippen LogP) is 6.58. The van der Waals surface area contributed by atoms with Gasteiger partial charge in [0.25, 0.3) is 8.32 Å². The van der Waals surface area contributed by atoms with Crippen molar-refractivity contribution in [3.8, 4) is 0 Å². The first kappa shape index (κ1) is 29.0. The van der Waals surface area contributed by atoms with E-state index in [0.29, 0.717) is 32.7 Å². The molecule has 0 saturated carbocycles. The molecule has 0 saturated heterocycles. The fourth-order valence-corrected chi connectivity index (χ4v) is 10.1. The Morgan fingerprint density at radius 2 is 1.41 bits per heavy atom. The zero-order chi connectivity index (χ0) is 27.6. The molecule has 1 aliphatic heterocycles. The van der Waals surface area contributed by atoms with E-state index in [-0.39, 0.29) is 16.9 Å². The van der Waals surface area contributed by atoms with Crippen LogP contribution in [0.25, 0.3) is 0 Å². The molecule has 0 N–H and O–H groups in total. The van der Waals surface area contributed by atoms with Gasteiger partial charge in [-0.15, -0.1) is 0 Å². The highest BCUT2D eigenvalue weighted by atomic mass is 28.4. The summed E-state index contributed by atoms with van der Waals surface area (Å²) in [5.74, 6) is 0.937. The van der Waals surface area contributed by atoms with E-state index in [1.165, 1.54) is 15.9 Å². The summed E-state index contributed by atoms with van der Waals surface area (Å²) in [4.78, 5) is 12.4. The van der Waals surface area contributed by atoms with Crippen LogP contribution in [0.5, 0.6) is 0 Å². The smallest absolute Gasteiger partial charge is 0.261 e. The lowest BCUT2D eigenvalue weighted by Crippen LogP contribution is -2.66. The highest BCUT2D eigenvalue weighted by Gasteiger charge is 2.49. The maximum absolute atomic E-state index is 12.4. The number of carbonyl (C=O) groups excluding carboxylic acids is 1. The molecule has 4 rings (SSSR count). The van der Waals surface area contributed by atoms with Gasteiger partial charge in [-0.25, -0.2) is 0 Å². The quantitative estimate of drug-likeness (QED) is 0.181. The first-order valence-corrected chi connectivity index (χ1v) is 16.1. The van der Waals surface area contributed by atoms with Crippen molar-refractivity contribution >= 4 is 24.5 Å². The molecular weight excluding hydrogens is 500 g/mol.